The summed E-state index contributed by atoms with van der Waals surface area (Å²) in [5.74, 6) is 1.56. The van der Waals surface area contributed by atoms with Gasteiger partial charge in [-0.3, -0.25) is 9.89 Å². The SMILES string of the molecule is COc1ccc([C@@H]2c3c(n[nH]c3C)C(=O)N2CCc2c[nH]c3ccc(OC)cc23)cc1. The Morgan fingerprint density at radius 3 is 2.55 bits per heavy atom. The molecule has 1 amide bonds. The summed E-state index contributed by atoms with van der Waals surface area (Å²) in [7, 11) is 3.31. The van der Waals surface area contributed by atoms with E-state index >= 15 is 0 Å². The van der Waals surface area contributed by atoms with Gasteiger partial charge < -0.3 is 19.4 Å². The van der Waals surface area contributed by atoms with Crippen molar-refractivity contribution in [3.63, 3.8) is 0 Å². The first-order valence-corrected chi connectivity index (χ1v) is 10.2. The van der Waals surface area contributed by atoms with Crippen LogP contribution in [0.4, 0.5) is 0 Å². The van der Waals surface area contributed by atoms with Gasteiger partial charge in [0.1, 0.15) is 11.5 Å². The van der Waals surface area contributed by atoms with Gasteiger partial charge in [0.05, 0.1) is 20.3 Å². The first-order chi connectivity index (χ1) is 15.1. The second-order valence-corrected chi connectivity index (χ2v) is 7.76. The molecule has 7 heteroatoms. The van der Waals surface area contributed by atoms with Gasteiger partial charge in [0.2, 0.25) is 0 Å². The van der Waals surface area contributed by atoms with Crippen LogP contribution in [0.25, 0.3) is 10.9 Å². The van der Waals surface area contributed by atoms with E-state index in [0.29, 0.717) is 12.2 Å². The molecule has 5 rings (SSSR count). The Kier molecular flexibility index (Phi) is 4.66. The molecule has 2 aromatic heterocycles. The van der Waals surface area contributed by atoms with E-state index < -0.39 is 0 Å². The third-order valence-corrected chi connectivity index (χ3v) is 6.07. The van der Waals surface area contributed by atoms with Crippen LogP contribution in [0.2, 0.25) is 0 Å². The molecule has 7 nitrogen and oxygen atoms in total. The Balaban J connectivity index is 1.48. The number of H-pyrrole nitrogens is 2. The molecule has 158 valence electrons. The number of carbonyl (C=O) groups is 1. The van der Waals surface area contributed by atoms with Crippen molar-refractivity contribution in [1.29, 1.82) is 0 Å². The van der Waals surface area contributed by atoms with E-state index in [1.165, 1.54) is 0 Å². The molecule has 1 atom stereocenters. The monoisotopic (exact) mass is 416 g/mol. The largest absolute Gasteiger partial charge is 0.497 e. The molecule has 0 aliphatic carbocycles. The molecule has 0 fully saturated rings. The number of ether oxygens (including phenoxy) is 2. The molecule has 0 spiro atoms. The van der Waals surface area contributed by atoms with Crippen LogP contribution in [0.1, 0.15) is 38.9 Å². The molecule has 0 bridgehead atoms. The highest BCUT2D eigenvalue weighted by molar-refractivity contribution is 5.98. The number of nitrogens with zero attached hydrogens (tertiary/aromatic N) is 2. The molecule has 0 radical (unpaired) electrons. The lowest BCUT2D eigenvalue weighted by Gasteiger charge is -2.26. The summed E-state index contributed by atoms with van der Waals surface area (Å²) in [4.78, 5) is 18.5. The van der Waals surface area contributed by atoms with Crippen molar-refractivity contribution in [3.8, 4) is 11.5 Å². The Labute approximate surface area is 180 Å². The van der Waals surface area contributed by atoms with Gasteiger partial charge in [-0.15, -0.1) is 0 Å². The fraction of sp³-hybridized carbons (Fsp3) is 0.250. The van der Waals surface area contributed by atoms with Gasteiger partial charge in [-0.1, -0.05) is 12.1 Å². The van der Waals surface area contributed by atoms with Crippen molar-refractivity contribution >= 4 is 16.8 Å². The van der Waals surface area contributed by atoms with E-state index in [-0.39, 0.29) is 11.9 Å². The highest BCUT2D eigenvalue weighted by Gasteiger charge is 2.41. The van der Waals surface area contributed by atoms with Crippen LogP contribution in [0.3, 0.4) is 0 Å². The van der Waals surface area contributed by atoms with Crippen LogP contribution in [-0.2, 0) is 6.42 Å². The Morgan fingerprint density at radius 1 is 1.06 bits per heavy atom. The summed E-state index contributed by atoms with van der Waals surface area (Å²) in [6.07, 6.45) is 2.73. The topological polar surface area (TPSA) is 83.2 Å². The zero-order chi connectivity index (χ0) is 21.5. The lowest BCUT2D eigenvalue weighted by atomic mass is 9.99. The molecule has 1 aliphatic rings. The van der Waals surface area contributed by atoms with E-state index in [0.717, 1.165) is 51.2 Å². The van der Waals surface area contributed by atoms with Crippen LogP contribution < -0.4 is 9.47 Å². The van der Waals surface area contributed by atoms with Crippen molar-refractivity contribution in [3.05, 3.63) is 76.7 Å². The summed E-state index contributed by atoms with van der Waals surface area (Å²) in [5.41, 5.74) is 5.63. The number of carbonyl (C=O) groups excluding carboxylic acids is 1. The summed E-state index contributed by atoms with van der Waals surface area (Å²) in [6.45, 7) is 2.54. The maximum Gasteiger partial charge on any atom is 0.275 e. The third kappa shape index (κ3) is 3.13. The standard InChI is InChI=1S/C24H24N4O3/c1-14-21-22(27-26-14)24(29)28(23(21)15-4-6-17(30-2)7-5-15)11-10-16-13-25-20-9-8-18(31-3)12-19(16)20/h4-9,12-13,23,25H,10-11H2,1-3H3,(H,26,27)/t23-/m1/s1. The normalized spacial score (nSPS) is 15.5. The Morgan fingerprint density at radius 2 is 1.81 bits per heavy atom. The number of hydrogen-bond donors (Lipinski definition) is 2. The number of rotatable bonds is 6. The lowest BCUT2D eigenvalue weighted by Crippen LogP contribution is -2.31. The molecule has 2 aromatic carbocycles. The fourth-order valence-electron chi connectivity index (χ4n) is 4.44. The quantitative estimate of drug-likeness (QED) is 0.498. The molecule has 0 saturated heterocycles. The number of hydrogen-bond acceptors (Lipinski definition) is 4. The molecular weight excluding hydrogens is 392 g/mol. The number of nitrogens with one attached hydrogen (secondary N) is 2. The van der Waals surface area contributed by atoms with Crippen molar-refractivity contribution < 1.29 is 14.3 Å². The second kappa shape index (κ2) is 7.50. The molecule has 31 heavy (non-hydrogen) atoms. The van der Waals surface area contributed by atoms with Crippen LogP contribution in [-0.4, -0.2) is 46.8 Å². The zero-order valence-corrected chi connectivity index (χ0v) is 17.7. The molecule has 1 aliphatic heterocycles. The van der Waals surface area contributed by atoms with Gasteiger partial charge in [0, 0.05) is 34.9 Å². The first kappa shape index (κ1) is 19.2. The summed E-state index contributed by atoms with van der Waals surface area (Å²) < 4.78 is 10.7. The Hall–Kier alpha value is -3.74. The molecule has 3 heterocycles. The number of amides is 1. The smallest absolute Gasteiger partial charge is 0.275 e. The van der Waals surface area contributed by atoms with Gasteiger partial charge in [-0.2, -0.15) is 5.10 Å². The highest BCUT2D eigenvalue weighted by Crippen LogP contribution is 2.40. The lowest BCUT2D eigenvalue weighted by molar-refractivity contribution is 0.0745. The molecule has 0 saturated carbocycles. The number of aromatic amines is 2. The predicted molar refractivity (Wildman–Crippen MR) is 118 cm³/mol. The number of methoxy groups -OCH3 is 2. The predicted octanol–water partition coefficient (Wildman–Crippen LogP) is 4.00. The highest BCUT2D eigenvalue weighted by atomic mass is 16.5. The third-order valence-electron chi connectivity index (χ3n) is 6.07. The number of aromatic nitrogens is 3. The maximum absolute atomic E-state index is 13.2. The average Bonchev–Trinajstić information content (AvgIpc) is 3.46. The molecule has 2 N–H and O–H groups in total. The summed E-state index contributed by atoms with van der Waals surface area (Å²) in [6, 6.07) is 13.7. The van der Waals surface area contributed by atoms with Gasteiger partial charge in [-0.05, 0) is 54.8 Å². The second-order valence-electron chi connectivity index (χ2n) is 7.76. The minimum absolute atomic E-state index is 0.0439. The van der Waals surface area contributed by atoms with Gasteiger partial charge in [0.25, 0.3) is 5.91 Å². The maximum atomic E-state index is 13.2. The van der Waals surface area contributed by atoms with Crippen LogP contribution in [0, 0.1) is 6.92 Å². The van der Waals surface area contributed by atoms with Gasteiger partial charge >= 0.3 is 0 Å². The Bertz CT molecular complexity index is 1260. The molecule has 4 aromatic rings. The van der Waals surface area contributed by atoms with Crippen LogP contribution in [0.5, 0.6) is 11.5 Å². The van der Waals surface area contributed by atoms with Crippen LogP contribution in [0.15, 0.2) is 48.7 Å². The number of fused-ring (bicyclic) bond motifs is 2. The minimum atomic E-state index is -0.174. The molecule has 0 unspecified atom stereocenters. The summed E-state index contributed by atoms with van der Waals surface area (Å²) in [5, 5.41) is 8.38. The van der Waals surface area contributed by atoms with E-state index in [4.69, 9.17) is 9.47 Å². The van der Waals surface area contributed by atoms with Crippen molar-refractivity contribution in [2.45, 2.75) is 19.4 Å². The molecular formula is C24H24N4O3. The first-order valence-electron chi connectivity index (χ1n) is 10.2. The van der Waals surface area contributed by atoms with Crippen LogP contribution >= 0.6 is 0 Å². The summed E-state index contributed by atoms with van der Waals surface area (Å²) >= 11 is 0. The van der Waals surface area contributed by atoms with Crippen molar-refractivity contribution in [2.75, 3.05) is 20.8 Å². The zero-order valence-electron chi connectivity index (χ0n) is 17.7. The minimum Gasteiger partial charge on any atom is -0.497 e. The average molecular weight is 416 g/mol. The van der Waals surface area contributed by atoms with Gasteiger partial charge in [-0.25, -0.2) is 0 Å². The fourth-order valence-corrected chi connectivity index (χ4v) is 4.44. The van der Waals surface area contributed by atoms with Gasteiger partial charge in [0.15, 0.2) is 5.69 Å². The van der Waals surface area contributed by atoms with E-state index in [9.17, 15) is 4.79 Å². The number of benzene rings is 2. The van der Waals surface area contributed by atoms with Crippen molar-refractivity contribution in [2.24, 2.45) is 0 Å². The van der Waals surface area contributed by atoms with E-state index in [1.807, 2.05) is 60.5 Å². The number of aryl methyl sites for hydroxylation is 1. The van der Waals surface area contributed by atoms with E-state index in [2.05, 4.69) is 15.2 Å². The van der Waals surface area contributed by atoms with Crippen molar-refractivity contribution in [1.82, 2.24) is 20.1 Å². The van der Waals surface area contributed by atoms with E-state index in [1.54, 1.807) is 14.2 Å².